The maximum atomic E-state index is 12.2. The molecule has 0 unspecified atom stereocenters. The number of benzene rings is 2. The van der Waals surface area contributed by atoms with Crippen molar-refractivity contribution in [2.75, 3.05) is 0 Å². The second-order valence-electron chi connectivity index (χ2n) is 6.06. The predicted octanol–water partition coefficient (Wildman–Crippen LogP) is 5.19. The second-order valence-corrected chi connectivity index (χ2v) is 6.06. The summed E-state index contributed by atoms with van der Waals surface area (Å²) in [5.74, 6) is 1.23. The van der Waals surface area contributed by atoms with E-state index in [4.69, 9.17) is 9.47 Å². The van der Waals surface area contributed by atoms with E-state index in [2.05, 4.69) is 18.6 Å². The number of allylic oxidation sites excluding steroid dienone is 3. The summed E-state index contributed by atoms with van der Waals surface area (Å²) >= 11 is 0. The topological polar surface area (TPSA) is 35.5 Å². The lowest BCUT2D eigenvalue weighted by atomic mass is 10.0. The number of carbonyl (C=O) groups is 1. The van der Waals surface area contributed by atoms with Crippen LogP contribution >= 0.6 is 0 Å². The lowest BCUT2D eigenvalue weighted by molar-refractivity contribution is -0.113. The number of carbonyl (C=O) groups excluding carboxylic acids is 1. The fourth-order valence-electron chi connectivity index (χ4n) is 2.62. The minimum absolute atomic E-state index is 0.0364. The number of hydrogen-bond donors (Lipinski definition) is 0. The first-order chi connectivity index (χ1) is 13.2. The maximum absolute atomic E-state index is 12.2. The van der Waals surface area contributed by atoms with Crippen LogP contribution in [-0.4, -0.2) is 5.78 Å². The SMILES string of the molecule is C=[C+]Oc1cc(/C=C/C(=O)Cc2ccc(C)cc2)ccc1C1=CC=C=CO1. The molecule has 0 aromatic heterocycles. The van der Waals surface area contributed by atoms with Crippen LogP contribution in [0.15, 0.2) is 79.3 Å². The maximum Gasteiger partial charge on any atom is 0.296 e. The second kappa shape index (κ2) is 8.64. The van der Waals surface area contributed by atoms with Crippen LogP contribution in [0.3, 0.4) is 0 Å². The third kappa shape index (κ3) is 4.93. The van der Waals surface area contributed by atoms with Gasteiger partial charge in [0, 0.05) is 6.42 Å². The van der Waals surface area contributed by atoms with E-state index in [0.717, 1.165) is 16.7 Å². The largest absolute Gasteiger partial charge is 0.454 e. The van der Waals surface area contributed by atoms with Gasteiger partial charge in [-0.1, -0.05) is 41.6 Å². The molecule has 2 aromatic rings. The molecular weight excluding hydrogens is 336 g/mol. The van der Waals surface area contributed by atoms with Crippen LogP contribution in [0, 0.1) is 13.2 Å². The monoisotopic (exact) mass is 355 g/mol. The molecule has 1 aliphatic heterocycles. The summed E-state index contributed by atoms with van der Waals surface area (Å²) in [4.78, 5) is 12.2. The molecular formula is C24H19O3+. The highest BCUT2D eigenvalue weighted by atomic mass is 16.5. The van der Waals surface area contributed by atoms with Crippen molar-refractivity contribution in [3.05, 3.63) is 108 Å². The predicted molar refractivity (Wildman–Crippen MR) is 107 cm³/mol. The lowest BCUT2D eigenvalue weighted by Crippen LogP contribution is -1.98. The number of ether oxygens (including phenoxy) is 2. The van der Waals surface area contributed by atoms with Crippen LogP contribution < -0.4 is 4.74 Å². The number of ketones is 1. The number of rotatable bonds is 7. The fraction of sp³-hybridized carbons (Fsp3) is 0.0833. The van der Waals surface area contributed by atoms with Gasteiger partial charge in [0.05, 0.1) is 12.6 Å². The van der Waals surface area contributed by atoms with Crippen molar-refractivity contribution >= 4 is 17.6 Å². The van der Waals surface area contributed by atoms with Crippen LogP contribution in [0.25, 0.3) is 11.8 Å². The van der Waals surface area contributed by atoms with Crippen molar-refractivity contribution in [3.8, 4) is 5.75 Å². The van der Waals surface area contributed by atoms with Crippen molar-refractivity contribution in [2.45, 2.75) is 13.3 Å². The molecule has 0 amide bonds. The van der Waals surface area contributed by atoms with Crippen LogP contribution in [0.2, 0.25) is 0 Å². The van der Waals surface area contributed by atoms with Gasteiger partial charge in [-0.3, -0.25) is 4.79 Å². The van der Waals surface area contributed by atoms with Gasteiger partial charge in [-0.25, -0.2) is 4.74 Å². The summed E-state index contributed by atoms with van der Waals surface area (Å²) in [5, 5.41) is 0. The molecule has 0 saturated heterocycles. The number of aryl methyl sites for hydroxylation is 1. The molecule has 0 spiro atoms. The molecule has 0 atom stereocenters. The molecule has 132 valence electrons. The molecule has 1 heterocycles. The van der Waals surface area contributed by atoms with Gasteiger partial charge in [0.1, 0.15) is 11.8 Å². The van der Waals surface area contributed by atoms with Gasteiger partial charge >= 0.3 is 0 Å². The van der Waals surface area contributed by atoms with Crippen molar-refractivity contribution in [1.29, 1.82) is 0 Å². The van der Waals surface area contributed by atoms with Gasteiger partial charge in [0.2, 0.25) is 0 Å². The minimum atomic E-state index is 0.0364. The first-order valence-electron chi connectivity index (χ1n) is 8.53. The molecule has 3 rings (SSSR count). The van der Waals surface area contributed by atoms with E-state index in [1.54, 1.807) is 24.3 Å². The van der Waals surface area contributed by atoms with Crippen LogP contribution in [-0.2, 0) is 16.0 Å². The van der Waals surface area contributed by atoms with Gasteiger partial charge in [-0.15, -0.1) is 0 Å². The standard InChI is InChI=1S/C24H19O3/c1-3-26-24-17-20(12-14-22(24)23-6-4-5-15-27-23)11-13-21(25)16-19-9-7-18(2)8-10-19/h4,6-15,17H,1,16H2,2H3/q+1/b13-11+. The quantitative estimate of drug-likeness (QED) is 0.297. The molecule has 3 heteroatoms. The van der Waals surface area contributed by atoms with E-state index < -0.39 is 0 Å². The first-order valence-corrected chi connectivity index (χ1v) is 8.53. The Hall–Kier alpha value is -3.64. The van der Waals surface area contributed by atoms with E-state index in [-0.39, 0.29) is 5.78 Å². The Morgan fingerprint density at radius 2 is 2.07 bits per heavy atom. The van der Waals surface area contributed by atoms with Crippen molar-refractivity contribution in [2.24, 2.45) is 0 Å². The molecule has 0 radical (unpaired) electrons. The zero-order chi connectivity index (χ0) is 19.1. The summed E-state index contributed by atoms with van der Waals surface area (Å²) in [5.41, 5.74) is 6.62. The van der Waals surface area contributed by atoms with E-state index >= 15 is 0 Å². The molecule has 0 N–H and O–H groups in total. The molecule has 1 aliphatic rings. The minimum Gasteiger partial charge on any atom is -0.454 e. The van der Waals surface area contributed by atoms with Crippen LogP contribution in [0.1, 0.15) is 22.3 Å². The molecule has 2 aromatic carbocycles. The Morgan fingerprint density at radius 3 is 2.78 bits per heavy atom. The average molecular weight is 355 g/mol. The average Bonchev–Trinajstić information content (AvgIpc) is 2.69. The third-order valence-electron chi connectivity index (χ3n) is 4.00. The fourth-order valence-corrected chi connectivity index (χ4v) is 2.62. The number of hydrogen-bond acceptors (Lipinski definition) is 3. The summed E-state index contributed by atoms with van der Waals surface area (Å²) < 4.78 is 10.9. The Kier molecular flexibility index (Phi) is 5.81. The van der Waals surface area contributed by atoms with Gasteiger partial charge in [-0.2, -0.15) is 0 Å². The first kappa shape index (κ1) is 18.2. The Labute approximate surface area is 159 Å². The van der Waals surface area contributed by atoms with Crippen molar-refractivity contribution < 1.29 is 14.3 Å². The Bertz CT molecular complexity index is 969. The van der Waals surface area contributed by atoms with E-state index in [0.29, 0.717) is 17.9 Å². The normalized spacial score (nSPS) is 12.4. The van der Waals surface area contributed by atoms with Gasteiger partial charge in [0.25, 0.3) is 12.0 Å². The Balaban J connectivity index is 1.75. The summed E-state index contributed by atoms with van der Waals surface area (Å²) in [7, 11) is 0. The van der Waals surface area contributed by atoms with Crippen molar-refractivity contribution in [1.82, 2.24) is 0 Å². The Morgan fingerprint density at radius 1 is 1.26 bits per heavy atom. The zero-order valence-electron chi connectivity index (χ0n) is 15.1. The van der Waals surface area contributed by atoms with E-state index in [1.807, 2.05) is 49.4 Å². The molecule has 0 aliphatic carbocycles. The van der Waals surface area contributed by atoms with E-state index in [1.165, 1.54) is 11.8 Å². The lowest BCUT2D eigenvalue weighted by Gasteiger charge is -2.06. The molecule has 0 saturated carbocycles. The van der Waals surface area contributed by atoms with Crippen molar-refractivity contribution in [3.63, 3.8) is 0 Å². The molecule has 0 bridgehead atoms. The smallest absolute Gasteiger partial charge is 0.296 e. The van der Waals surface area contributed by atoms with Gasteiger partial charge in [0.15, 0.2) is 11.5 Å². The van der Waals surface area contributed by atoms with Crippen LogP contribution in [0.4, 0.5) is 0 Å². The molecule has 0 fully saturated rings. The molecule has 27 heavy (non-hydrogen) atoms. The van der Waals surface area contributed by atoms with E-state index in [9.17, 15) is 4.79 Å². The molecule has 3 nitrogen and oxygen atoms in total. The summed E-state index contributed by atoms with van der Waals surface area (Å²) in [6.07, 6.45) is 11.2. The van der Waals surface area contributed by atoms with Gasteiger partial charge in [-0.05, 0) is 48.4 Å². The van der Waals surface area contributed by atoms with Gasteiger partial charge < -0.3 is 4.74 Å². The zero-order valence-corrected chi connectivity index (χ0v) is 15.1. The van der Waals surface area contributed by atoms with Crippen LogP contribution in [0.5, 0.6) is 5.75 Å². The highest BCUT2D eigenvalue weighted by Crippen LogP contribution is 2.30. The summed E-state index contributed by atoms with van der Waals surface area (Å²) in [6.45, 7) is 5.52. The summed E-state index contributed by atoms with van der Waals surface area (Å²) in [6, 6.07) is 13.5. The third-order valence-corrected chi connectivity index (χ3v) is 4.00. The highest BCUT2D eigenvalue weighted by Gasteiger charge is 2.18. The highest BCUT2D eigenvalue weighted by molar-refractivity contribution is 5.95.